The third kappa shape index (κ3) is 5.34. The molecule has 128 valence electrons. The van der Waals surface area contributed by atoms with Gasteiger partial charge >= 0.3 is 0 Å². The first-order valence-electron chi connectivity index (χ1n) is 9.07. The van der Waals surface area contributed by atoms with Crippen LogP contribution in [0.2, 0.25) is 0 Å². The van der Waals surface area contributed by atoms with Crippen LogP contribution >= 0.6 is 11.8 Å². The lowest BCUT2D eigenvalue weighted by Gasteiger charge is -2.27. The molecule has 0 aromatic rings. The van der Waals surface area contributed by atoms with E-state index in [2.05, 4.69) is 48.1 Å². The van der Waals surface area contributed by atoms with Crippen molar-refractivity contribution < 1.29 is 0 Å². The molecule has 2 aliphatic rings. The van der Waals surface area contributed by atoms with Crippen molar-refractivity contribution in [3.8, 4) is 0 Å². The predicted molar refractivity (Wildman–Crippen MR) is 99.0 cm³/mol. The second kappa shape index (κ2) is 9.02. The lowest BCUT2D eigenvalue weighted by Crippen LogP contribution is -2.46. The minimum atomic E-state index is 0.349. The fraction of sp³-hybridized carbons (Fsp3) is 0.941. The summed E-state index contributed by atoms with van der Waals surface area (Å²) in [5.74, 6) is 2.29. The van der Waals surface area contributed by atoms with Gasteiger partial charge < -0.3 is 10.6 Å². The molecule has 0 aromatic carbocycles. The monoisotopic (exact) mass is 326 g/mol. The molecule has 0 radical (unpaired) electrons. The Morgan fingerprint density at radius 2 is 2.00 bits per heavy atom. The third-order valence-electron chi connectivity index (χ3n) is 4.85. The summed E-state index contributed by atoms with van der Waals surface area (Å²) in [7, 11) is 0. The van der Waals surface area contributed by atoms with E-state index >= 15 is 0 Å². The quantitative estimate of drug-likeness (QED) is 0.557. The van der Waals surface area contributed by atoms with E-state index in [0.717, 1.165) is 25.6 Å². The van der Waals surface area contributed by atoms with E-state index in [1.54, 1.807) is 0 Å². The van der Waals surface area contributed by atoms with Crippen molar-refractivity contribution in [3.63, 3.8) is 0 Å². The first kappa shape index (κ1) is 17.9. The number of guanidine groups is 1. The summed E-state index contributed by atoms with van der Waals surface area (Å²) in [5, 5.41) is 6.98. The van der Waals surface area contributed by atoms with Crippen LogP contribution in [0.3, 0.4) is 0 Å². The largest absolute Gasteiger partial charge is 0.357 e. The summed E-state index contributed by atoms with van der Waals surface area (Å²) >= 11 is 2.08. The summed E-state index contributed by atoms with van der Waals surface area (Å²) in [4.78, 5) is 7.48. The fourth-order valence-corrected chi connectivity index (χ4v) is 4.63. The predicted octanol–water partition coefficient (Wildman–Crippen LogP) is 2.70. The number of hydrogen-bond acceptors (Lipinski definition) is 3. The van der Waals surface area contributed by atoms with Gasteiger partial charge in [0.05, 0.1) is 6.54 Å². The minimum absolute atomic E-state index is 0.349. The summed E-state index contributed by atoms with van der Waals surface area (Å²) in [5.41, 5.74) is 0. The van der Waals surface area contributed by atoms with E-state index in [9.17, 15) is 0 Å². The zero-order valence-electron chi connectivity index (χ0n) is 14.7. The van der Waals surface area contributed by atoms with Gasteiger partial charge in [-0.2, -0.15) is 11.8 Å². The molecule has 0 amide bonds. The average molecular weight is 327 g/mol. The van der Waals surface area contributed by atoms with Gasteiger partial charge in [0.15, 0.2) is 5.96 Å². The van der Waals surface area contributed by atoms with Gasteiger partial charge in [-0.1, -0.05) is 6.92 Å². The molecule has 2 N–H and O–H groups in total. The van der Waals surface area contributed by atoms with Crippen LogP contribution < -0.4 is 10.6 Å². The van der Waals surface area contributed by atoms with Gasteiger partial charge in [0, 0.05) is 23.9 Å². The molecule has 2 saturated heterocycles. The van der Waals surface area contributed by atoms with Crippen LogP contribution in [0.5, 0.6) is 0 Å². The van der Waals surface area contributed by atoms with Crippen molar-refractivity contribution in [2.45, 2.75) is 63.7 Å². The molecular formula is C17H34N4S. The van der Waals surface area contributed by atoms with Crippen molar-refractivity contribution in [2.24, 2.45) is 4.99 Å². The van der Waals surface area contributed by atoms with Gasteiger partial charge in [0.1, 0.15) is 0 Å². The van der Waals surface area contributed by atoms with Gasteiger partial charge in [-0.25, -0.2) is 0 Å². The Morgan fingerprint density at radius 1 is 1.23 bits per heavy atom. The minimum Gasteiger partial charge on any atom is -0.357 e. The van der Waals surface area contributed by atoms with Crippen molar-refractivity contribution >= 4 is 17.7 Å². The zero-order valence-corrected chi connectivity index (χ0v) is 15.5. The number of likely N-dealkylation sites (tertiary alicyclic amines) is 1. The second-order valence-corrected chi connectivity index (χ2v) is 8.47. The summed E-state index contributed by atoms with van der Waals surface area (Å²) in [6.45, 7) is 12.2. The Kier molecular flexibility index (Phi) is 7.35. The molecule has 2 heterocycles. The molecule has 2 fully saturated rings. The van der Waals surface area contributed by atoms with Crippen LogP contribution in [-0.2, 0) is 0 Å². The maximum Gasteiger partial charge on any atom is 0.191 e. The number of hydrogen-bond donors (Lipinski definition) is 2. The maximum absolute atomic E-state index is 4.86. The van der Waals surface area contributed by atoms with Gasteiger partial charge in [0.2, 0.25) is 0 Å². The fourth-order valence-electron chi connectivity index (χ4n) is 3.40. The van der Waals surface area contributed by atoms with Crippen molar-refractivity contribution in [1.82, 2.24) is 15.5 Å². The van der Waals surface area contributed by atoms with Crippen molar-refractivity contribution in [2.75, 3.05) is 38.5 Å². The molecule has 4 nitrogen and oxygen atoms in total. The highest BCUT2D eigenvalue weighted by molar-refractivity contribution is 8.00. The highest BCUT2D eigenvalue weighted by Crippen LogP contribution is 2.37. The standard InChI is InChI=1S/C17H34N4S/c1-4-15(21-10-6-7-11-21)13-19-16(18-5-2)20-14-17(3)9-8-12-22-17/h15H,4-14H2,1-3H3,(H2,18,19,20). The zero-order chi connectivity index (χ0) is 15.8. The van der Waals surface area contributed by atoms with E-state index in [-0.39, 0.29) is 0 Å². The normalized spacial score (nSPS) is 28.0. The summed E-state index contributed by atoms with van der Waals surface area (Å²) < 4.78 is 0.349. The Labute approximate surface area is 140 Å². The smallest absolute Gasteiger partial charge is 0.191 e. The van der Waals surface area contributed by atoms with Crippen LogP contribution in [0, 0.1) is 0 Å². The highest BCUT2D eigenvalue weighted by Gasteiger charge is 2.29. The number of nitrogens with zero attached hydrogens (tertiary/aromatic N) is 2. The number of thioether (sulfide) groups is 1. The molecule has 2 aliphatic heterocycles. The van der Waals surface area contributed by atoms with Crippen molar-refractivity contribution in [3.05, 3.63) is 0 Å². The molecule has 0 aliphatic carbocycles. The molecular weight excluding hydrogens is 292 g/mol. The lowest BCUT2D eigenvalue weighted by molar-refractivity contribution is 0.236. The number of rotatable bonds is 7. The van der Waals surface area contributed by atoms with Crippen LogP contribution in [0.1, 0.15) is 52.9 Å². The molecule has 0 bridgehead atoms. The SMILES string of the molecule is CCNC(=NCC1(C)CCCS1)NCC(CC)N1CCCC1. The van der Waals surface area contributed by atoms with Gasteiger partial charge in [-0.05, 0) is 64.8 Å². The van der Waals surface area contributed by atoms with Gasteiger partial charge in [-0.3, -0.25) is 9.89 Å². The van der Waals surface area contributed by atoms with Crippen molar-refractivity contribution in [1.29, 1.82) is 0 Å². The topological polar surface area (TPSA) is 39.7 Å². The van der Waals surface area contributed by atoms with E-state index in [4.69, 9.17) is 4.99 Å². The molecule has 0 saturated carbocycles. The summed E-state index contributed by atoms with van der Waals surface area (Å²) in [6, 6.07) is 0.641. The Balaban J connectivity index is 1.84. The first-order chi connectivity index (χ1) is 10.7. The molecule has 0 aromatic heterocycles. The molecule has 22 heavy (non-hydrogen) atoms. The Hall–Kier alpha value is -0.420. The molecule has 5 heteroatoms. The van der Waals surface area contributed by atoms with Crippen LogP contribution in [0.25, 0.3) is 0 Å². The van der Waals surface area contributed by atoms with E-state index < -0.39 is 0 Å². The Bertz CT molecular complexity index is 347. The number of aliphatic imine (C=N–C) groups is 1. The van der Waals surface area contributed by atoms with Crippen LogP contribution in [-0.4, -0.2) is 60.1 Å². The molecule has 2 atom stereocenters. The lowest BCUT2D eigenvalue weighted by atomic mass is 10.1. The molecule has 2 rings (SSSR count). The van der Waals surface area contributed by atoms with E-state index in [1.165, 1.54) is 50.9 Å². The van der Waals surface area contributed by atoms with Gasteiger partial charge in [-0.15, -0.1) is 0 Å². The first-order valence-corrected chi connectivity index (χ1v) is 10.1. The maximum atomic E-state index is 4.86. The summed E-state index contributed by atoms with van der Waals surface area (Å²) in [6.07, 6.45) is 6.57. The second-order valence-electron chi connectivity index (χ2n) is 6.78. The number of nitrogens with one attached hydrogen (secondary N) is 2. The van der Waals surface area contributed by atoms with Crippen LogP contribution in [0.15, 0.2) is 4.99 Å². The average Bonchev–Trinajstić information content (AvgIpc) is 3.18. The Morgan fingerprint density at radius 3 is 2.59 bits per heavy atom. The van der Waals surface area contributed by atoms with E-state index in [1.807, 2.05) is 0 Å². The molecule has 0 spiro atoms. The van der Waals surface area contributed by atoms with Crippen LogP contribution in [0.4, 0.5) is 0 Å². The highest BCUT2D eigenvalue weighted by atomic mass is 32.2. The van der Waals surface area contributed by atoms with E-state index in [0.29, 0.717) is 10.8 Å². The molecule has 2 unspecified atom stereocenters. The van der Waals surface area contributed by atoms with Gasteiger partial charge in [0.25, 0.3) is 0 Å². The third-order valence-corrected chi connectivity index (χ3v) is 6.37.